The van der Waals surface area contributed by atoms with E-state index in [9.17, 15) is 20.0 Å². The largest absolute Gasteiger partial charge is 0.502 e. The predicted octanol–water partition coefficient (Wildman–Crippen LogP) is 4.53. The molecule has 6 heteroatoms. The number of Topliss-reactive ketones (excluding diaryl/α,β-unsaturated/α-hetero) is 1. The number of rotatable bonds is 4. The van der Waals surface area contributed by atoms with Crippen LogP contribution < -0.4 is 4.74 Å². The lowest BCUT2D eigenvalue weighted by Crippen LogP contribution is -2.12. The van der Waals surface area contributed by atoms with Gasteiger partial charge in [0, 0.05) is 17.2 Å². The summed E-state index contributed by atoms with van der Waals surface area (Å²) in [5.41, 5.74) is 2.34. The number of carbonyl (C=O) groups excluding carboxylic acids is 1. The molecule has 3 rings (SSSR count). The summed E-state index contributed by atoms with van der Waals surface area (Å²) in [7, 11) is 1.59. The first kappa shape index (κ1) is 18.4. The number of methoxy groups -OCH3 is 1. The van der Waals surface area contributed by atoms with Crippen molar-refractivity contribution in [1.29, 1.82) is 0 Å². The second-order valence-electron chi connectivity index (χ2n) is 6.30. The van der Waals surface area contributed by atoms with Gasteiger partial charge in [-0.05, 0) is 60.7 Å². The third-order valence-corrected chi connectivity index (χ3v) is 4.45. The highest BCUT2D eigenvalue weighted by atomic mass is 16.6. The van der Waals surface area contributed by atoms with Crippen molar-refractivity contribution in [1.82, 2.24) is 0 Å². The van der Waals surface area contributed by atoms with Crippen LogP contribution in [-0.2, 0) is 4.79 Å². The molecular formula is C21H19NO5. The van der Waals surface area contributed by atoms with Gasteiger partial charge in [-0.3, -0.25) is 14.9 Å². The lowest BCUT2D eigenvalue weighted by molar-refractivity contribution is -0.385. The Hall–Kier alpha value is -3.41. The molecule has 2 aromatic carbocycles. The first-order chi connectivity index (χ1) is 13.0. The summed E-state index contributed by atoms with van der Waals surface area (Å²) in [6, 6.07) is 11.6. The Morgan fingerprint density at radius 2 is 1.74 bits per heavy atom. The monoisotopic (exact) mass is 365 g/mol. The van der Waals surface area contributed by atoms with E-state index < -0.39 is 10.7 Å². The zero-order valence-electron chi connectivity index (χ0n) is 14.8. The maximum Gasteiger partial charge on any atom is 0.311 e. The molecule has 0 heterocycles. The van der Waals surface area contributed by atoms with Crippen LogP contribution >= 0.6 is 0 Å². The summed E-state index contributed by atoms with van der Waals surface area (Å²) in [6.07, 6.45) is 5.64. The zero-order chi connectivity index (χ0) is 19.4. The number of ether oxygens (including phenoxy) is 1. The van der Waals surface area contributed by atoms with E-state index in [0.717, 1.165) is 17.7 Å². The smallest absolute Gasteiger partial charge is 0.311 e. The van der Waals surface area contributed by atoms with Gasteiger partial charge in [0.25, 0.3) is 0 Å². The van der Waals surface area contributed by atoms with E-state index in [4.69, 9.17) is 4.74 Å². The maximum absolute atomic E-state index is 12.8. The topological polar surface area (TPSA) is 89.7 Å². The molecule has 6 nitrogen and oxygen atoms in total. The van der Waals surface area contributed by atoms with Crippen LogP contribution in [0, 0.1) is 10.1 Å². The van der Waals surface area contributed by atoms with Gasteiger partial charge in [-0.25, -0.2) is 0 Å². The van der Waals surface area contributed by atoms with Crippen LogP contribution in [0.1, 0.15) is 30.4 Å². The van der Waals surface area contributed by atoms with Crippen molar-refractivity contribution in [3.8, 4) is 11.5 Å². The van der Waals surface area contributed by atoms with Crippen molar-refractivity contribution in [2.24, 2.45) is 0 Å². The molecule has 0 unspecified atom stereocenters. The van der Waals surface area contributed by atoms with Gasteiger partial charge in [0.05, 0.1) is 12.0 Å². The summed E-state index contributed by atoms with van der Waals surface area (Å²) in [5, 5.41) is 20.5. The quantitative estimate of drug-likeness (QED) is 0.488. The molecule has 0 aromatic heterocycles. The lowest BCUT2D eigenvalue weighted by atomic mass is 9.87. The minimum absolute atomic E-state index is 0.0557. The van der Waals surface area contributed by atoms with Gasteiger partial charge in [-0.15, -0.1) is 0 Å². The molecule has 1 N–H and O–H groups in total. The van der Waals surface area contributed by atoms with E-state index in [1.165, 1.54) is 12.1 Å². The summed E-state index contributed by atoms with van der Waals surface area (Å²) >= 11 is 0. The average Bonchev–Trinajstić information content (AvgIpc) is 2.66. The fraction of sp³-hybridized carbons (Fsp3) is 0.190. The molecule has 0 spiro atoms. The Morgan fingerprint density at radius 3 is 2.37 bits per heavy atom. The maximum atomic E-state index is 12.8. The number of hydrogen-bond donors (Lipinski definition) is 1. The van der Waals surface area contributed by atoms with Crippen molar-refractivity contribution >= 4 is 23.6 Å². The van der Waals surface area contributed by atoms with E-state index >= 15 is 0 Å². The Kier molecular flexibility index (Phi) is 5.35. The Bertz CT molecular complexity index is 959. The van der Waals surface area contributed by atoms with Crippen LogP contribution in [0.5, 0.6) is 11.5 Å². The number of benzene rings is 2. The highest BCUT2D eigenvalue weighted by molar-refractivity contribution is 6.14. The summed E-state index contributed by atoms with van der Waals surface area (Å²) in [6.45, 7) is 0. The van der Waals surface area contributed by atoms with Crippen LogP contribution in [-0.4, -0.2) is 22.9 Å². The van der Waals surface area contributed by atoms with Crippen LogP contribution in [0.25, 0.3) is 12.2 Å². The molecule has 0 aliphatic heterocycles. The van der Waals surface area contributed by atoms with Crippen LogP contribution in [0.15, 0.2) is 53.6 Å². The minimum atomic E-state index is -0.645. The van der Waals surface area contributed by atoms with Crippen LogP contribution in [0.3, 0.4) is 0 Å². The number of hydrogen-bond acceptors (Lipinski definition) is 5. The Balaban J connectivity index is 1.90. The number of aromatic hydroxyl groups is 1. The van der Waals surface area contributed by atoms with Crippen molar-refractivity contribution in [3.63, 3.8) is 0 Å². The molecule has 2 aromatic rings. The molecule has 1 aliphatic rings. The molecule has 138 valence electrons. The summed E-state index contributed by atoms with van der Waals surface area (Å²) in [4.78, 5) is 23.2. The van der Waals surface area contributed by atoms with E-state index in [1.54, 1.807) is 19.3 Å². The number of allylic oxidation sites excluding steroid dienone is 2. The molecule has 1 saturated carbocycles. The number of carbonyl (C=O) groups is 1. The van der Waals surface area contributed by atoms with Crippen LogP contribution in [0.2, 0.25) is 0 Å². The fourth-order valence-corrected chi connectivity index (χ4v) is 3.09. The molecule has 0 saturated heterocycles. The van der Waals surface area contributed by atoms with E-state index in [1.807, 2.05) is 30.3 Å². The highest BCUT2D eigenvalue weighted by Crippen LogP contribution is 2.31. The highest BCUT2D eigenvalue weighted by Gasteiger charge is 2.21. The summed E-state index contributed by atoms with van der Waals surface area (Å²) < 4.78 is 5.21. The van der Waals surface area contributed by atoms with Crippen LogP contribution in [0.4, 0.5) is 5.69 Å². The van der Waals surface area contributed by atoms with Crippen molar-refractivity contribution in [2.45, 2.75) is 19.3 Å². The first-order valence-corrected chi connectivity index (χ1v) is 8.55. The Morgan fingerprint density at radius 1 is 1.07 bits per heavy atom. The van der Waals surface area contributed by atoms with Gasteiger partial charge in [0.15, 0.2) is 11.5 Å². The standard InChI is InChI=1S/C21H19NO5/c1-27-18-7-2-4-14(12-18)10-16-5-3-6-17(21(16)24)11-15-8-9-20(23)19(13-15)22(25)26/h2,4,7-13,23H,3,5-6H2,1H3/b16-10+,17-11+. The molecule has 0 atom stereocenters. The number of ketones is 1. The van der Waals surface area contributed by atoms with Crippen molar-refractivity contribution < 1.29 is 19.6 Å². The molecular weight excluding hydrogens is 346 g/mol. The number of phenolic OH excluding ortho intramolecular Hbond substituents is 1. The van der Waals surface area contributed by atoms with Gasteiger partial charge >= 0.3 is 5.69 Å². The number of phenols is 1. The number of nitrogens with zero attached hydrogens (tertiary/aromatic N) is 1. The van der Waals surface area contributed by atoms with Crippen molar-refractivity contribution in [3.05, 3.63) is 74.9 Å². The molecule has 0 amide bonds. The SMILES string of the molecule is COc1cccc(/C=C2\CCC/C(=C\c3ccc(O)c([N+](=O)[O-])c3)C2=O)c1. The second-order valence-corrected chi connectivity index (χ2v) is 6.30. The molecule has 1 aliphatic carbocycles. The normalized spacial score (nSPS) is 17.3. The molecule has 27 heavy (non-hydrogen) atoms. The molecule has 0 radical (unpaired) electrons. The van der Waals surface area contributed by atoms with E-state index in [-0.39, 0.29) is 11.5 Å². The first-order valence-electron chi connectivity index (χ1n) is 8.55. The van der Waals surface area contributed by atoms with Gasteiger partial charge < -0.3 is 9.84 Å². The lowest BCUT2D eigenvalue weighted by Gasteiger charge is -2.16. The zero-order valence-corrected chi connectivity index (χ0v) is 14.8. The average molecular weight is 365 g/mol. The van der Waals surface area contributed by atoms with Gasteiger partial charge in [0.1, 0.15) is 5.75 Å². The molecule has 1 fully saturated rings. The predicted molar refractivity (Wildman–Crippen MR) is 103 cm³/mol. The van der Waals surface area contributed by atoms with Crippen molar-refractivity contribution in [2.75, 3.05) is 7.11 Å². The number of nitro groups is 1. The van der Waals surface area contributed by atoms with E-state index in [2.05, 4.69) is 0 Å². The third kappa shape index (κ3) is 4.23. The Labute approximate surface area is 156 Å². The third-order valence-electron chi connectivity index (χ3n) is 4.45. The number of nitro benzene ring substituents is 1. The minimum Gasteiger partial charge on any atom is -0.502 e. The summed E-state index contributed by atoms with van der Waals surface area (Å²) in [5.74, 6) is 0.273. The second kappa shape index (κ2) is 7.86. The molecule has 0 bridgehead atoms. The van der Waals surface area contributed by atoms with Gasteiger partial charge in [-0.1, -0.05) is 18.2 Å². The van der Waals surface area contributed by atoms with Gasteiger partial charge in [-0.2, -0.15) is 0 Å². The van der Waals surface area contributed by atoms with E-state index in [0.29, 0.717) is 29.6 Å². The van der Waals surface area contributed by atoms with Gasteiger partial charge in [0.2, 0.25) is 0 Å². The fourth-order valence-electron chi connectivity index (χ4n) is 3.09.